The van der Waals surface area contributed by atoms with Crippen molar-refractivity contribution in [3.8, 4) is 11.3 Å². The first-order valence-corrected chi connectivity index (χ1v) is 15.1. The summed E-state index contributed by atoms with van der Waals surface area (Å²) in [5.74, 6) is 0. The summed E-state index contributed by atoms with van der Waals surface area (Å²) in [4.78, 5) is 16.8. The number of allylic oxidation sites excluding steroid dienone is 2. The lowest BCUT2D eigenvalue weighted by molar-refractivity contribution is -0.384. The van der Waals surface area contributed by atoms with Gasteiger partial charge in [0.2, 0.25) is 10.0 Å². The molecule has 1 saturated heterocycles. The Kier molecular flexibility index (Phi) is 8.18. The summed E-state index contributed by atoms with van der Waals surface area (Å²) in [7, 11) is -3.58. The molecule has 200 valence electrons. The van der Waals surface area contributed by atoms with Crippen LogP contribution in [0.5, 0.6) is 0 Å². The van der Waals surface area contributed by atoms with Gasteiger partial charge in [-0.15, -0.1) is 11.3 Å². The number of benzene rings is 2. The minimum atomic E-state index is -3.58. The molecule has 9 nitrogen and oxygen atoms in total. The maximum absolute atomic E-state index is 13.0. The van der Waals surface area contributed by atoms with E-state index in [1.807, 2.05) is 11.4 Å². The number of thiazole rings is 1. The number of morpholine rings is 1. The molecule has 11 heteroatoms. The number of nitrogens with zero attached hydrogens (tertiary/aromatic N) is 4. The predicted molar refractivity (Wildman–Crippen MR) is 147 cm³/mol. The summed E-state index contributed by atoms with van der Waals surface area (Å²) in [6.45, 7) is 2.19. The number of nitro groups is 1. The number of rotatable bonds is 8. The van der Waals surface area contributed by atoms with E-state index in [1.165, 1.54) is 40.1 Å². The van der Waals surface area contributed by atoms with Crippen LogP contribution in [-0.2, 0) is 21.3 Å². The predicted octanol–water partition coefficient (Wildman–Crippen LogP) is 5.27. The molecule has 0 atom stereocenters. The highest BCUT2D eigenvalue weighted by Gasteiger charge is 2.26. The molecule has 0 amide bonds. The molecule has 3 aromatic rings. The number of ether oxygens (including phenoxy) is 1. The molecule has 0 spiro atoms. The molecule has 0 saturated carbocycles. The summed E-state index contributed by atoms with van der Waals surface area (Å²) in [6.07, 6.45) is 7.86. The number of aromatic nitrogens is 1. The Morgan fingerprint density at radius 3 is 2.58 bits per heavy atom. The van der Waals surface area contributed by atoms with E-state index in [0.29, 0.717) is 38.5 Å². The van der Waals surface area contributed by atoms with E-state index in [0.717, 1.165) is 35.3 Å². The van der Waals surface area contributed by atoms with E-state index >= 15 is 0 Å². The fourth-order valence-corrected chi connectivity index (χ4v) is 7.13. The largest absolute Gasteiger partial charge is 0.379 e. The lowest BCUT2D eigenvalue weighted by Gasteiger charge is -2.26. The van der Waals surface area contributed by atoms with Crippen molar-refractivity contribution >= 4 is 32.7 Å². The minimum Gasteiger partial charge on any atom is -0.379 e. The number of nitro benzene ring substituents is 1. The van der Waals surface area contributed by atoms with Gasteiger partial charge in [0.25, 0.3) is 5.69 Å². The zero-order valence-electron chi connectivity index (χ0n) is 21.0. The molecule has 1 aliphatic carbocycles. The average molecular weight is 555 g/mol. The highest BCUT2D eigenvalue weighted by molar-refractivity contribution is 7.89. The lowest BCUT2D eigenvalue weighted by atomic mass is 9.97. The number of hydrogen-bond donors (Lipinski definition) is 0. The number of non-ortho nitro benzene ring substituents is 1. The molecular formula is C27H30N4O5S2. The molecule has 0 unspecified atom stereocenters. The Labute approximate surface area is 225 Å². The second-order valence-corrected chi connectivity index (χ2v) is 12.1. The van der Waals surface area contributed by atoms with E-state index in [4.69, 9.17) is 9.73 Å². The molecule has 1 aliphatic heterocycles. The van der Waals surface area contributed by atoms with Gasteiger partial charge < -0.3 is 9.30 Å². The second kappa shape index (κ2) is 11.7. The van der Waals surface area contributed by atoms with Crippen molar-refractivity contribution in [3.63, 3.8) is 0 Å². The molecule has 5 rings (SSSR count). The monoisotopic (exact) mass is 554 g/mol. The minimum absolute atomic E-state index is 0.0470. The van der Waals surface area contributed by atoms with Crippen LogP contribution in [0.15, 0.2) is 75.4 Å². The van der Waals surface area contributed by atoms with Gasteiger partial charge in [-0.25, -0.2) is 13.4 Å². The quantitative estimate of drug-likeness (QED) is 0.214. The Balaban J connectivity index is 1.48. The highest BCUT2D eigenvalue weighted by atomic mass is 32.2. The molecule has 2 aromatic carbocycles. The topological polar surface area (TPSA) is 107 Å². The van der Waals surface area contributed by atoms with E-state index < -0.39 is 10.0 Å². The van der Waals surface area contributed by atoms with Crippen molar-refractivity contribution in [2.75, 3.05) is 26.3 Å². The zero-order valence-corrected chi connectivity index (χ0v) is 22.6. The van der Waals surface area contributed by atoms with Crippen LogP contribution in [0, 0.1) is 10.1 Å². The van der Waals surface area contributed by atoms with E-state index in [2.05, 4.69) is 10.6 Å². The third-order valence-corrected chi connectivity index (χ3v) is 9.64. The van der Waals surface area contributed by atoms with Gasteiger partial charge in [0, 0.05) is 42.7 Å². The first-order valence-electron chi connectivity index (χ1n) is 12.8. The van der Waals surface area contributed by atoms with Crippen LogP contribution in [-0.4, -0.2) is 48.5 Å². The summed E-state index contributed by atoms with van der Waals surface area (Å²) < 4.78 is 34.8. The van der Waals surface area contributed by atoms with Crippen molar-refractivity contribution in [2.24, 2.45) is 4.99 Å². The average Bonchev–Trinajstić information content (AvgIpc) is 3.35. The number of sulfonamides is 1. The smallest absolute Gasteiger partial charge is 0.270 e. The van der Waals surface area contributed by atoms with Gasteiger partial charge in [-0.3, -0.25) is 10.1 Å². The SMILES string of the molecule is O=[N+]([O-])c1cccc(-c2csc(=Nc3ccc(S(=O)(=O)N4CCOCC4)cc3)n2CCC2=CCCCC2)c1. The van der Waals surface area contributed by atoms with Gasteiger partial charge in [-0.05, 0) is 56.4 Å². The summed E-state index contributed by atoms with van der Waals surface area (Å²) in [5.41, 5.74) is 3.76. The summed E-state index contributed by atoms with van der Waals surface area (Å²) >= 11 is 1.47. The fraction of sp³-hybridized carbons (Fsp3) is 0.370. The number of hydrogen-bond acceptors (Lipinski definition) is 7. The second-order valence-electron chi connectivity index (χ2n) is 9.34. The van der Waals surface area contributed by atoms with Crippen LogP contribution in [0.3, 0.4) is 0 Å². The molecule has 1 aromatic heterocycles. The Morgan fingerprint density at radius 1 is 1.08 bits per heavy atom. The van der Waals surface area contributed by atoms with Crippen molar-refractivity contribution in [3.05, 3.63) is 80.5 Å². The molecule has 0 N–H and O–H groups in total. The molecule has 0 radical (unpaired) electrons. The molecule has 2 heterocycles. The van der Waals surface area contributed by atoms with Crippen LogP contribution in [0.1, 0.15) is 32.1 Å². The van der Waals surface area contributed by atoms with Gasteiger partial charge in [0.15, 0.2) is 4.80 Å². The Bertz CT molecular complexity index is 1500. The first kappa shape index (κ1) is 26.5. The van der Waals surface area contributed by atoms with Crippen molar-refractivity contribution in [1.82, 2.24) is 8.87 Å². The lowest BCUT2D eigenvalue weighted by Crippen LogP contribution is -2.40. The fourth-order valence-electron chi connectivity index (χ4n) is 4.77. The van der Waals surface area contributed by atoms with E-state index in [9.17, 15) is 18.5 Å². The van der Waals surface area contributed by atoms with Crippen LogP contribution >= 0.6 is 11.3 Å². The molecule has 0 bridgehead atoms. The van der Waals surface area contributed by atoms with Crippen LogP contribution in [0.25, 0.3) is 11.3 Å². The van der Waals surface area contributed by atoms with Gasteiger partial charge in [0.1, 0.15) is 0 Å². The van der Waals surface area contributed by atoms with E-state index in [1.54, 1.807) is 36.4 Å². The van der Waals surface area contributed by atoms with E-state index in [-0.39, 0.29) is 15.5 Å². The van der Waals surface area contributed by atoms with Gasteiger partial charge in [0.05, 0.1) is 34.4 Å². The van der Waals surface area contributed by atoms with Gasteiger partial charge >= 0.3 is 0 Å². The summed E-state index contributed by atoms with van der Waals surface area (Å²) in [6, 6.07) is 13.3. The van der Waals surface area contributed by atoms with Crippen LogP contribution in [0.2, 0.25) is 0 Å². The standard InChI is InChI=1S/C27H30N4O5S2/c32-31(33)24-8-4-7-22(19-24)26-20-37-27(30(26)14-13-21-5-2-1-3-6-21)28-23-9-11-25(12-10-23)38(34,35)29-15-17-36-18-16-29/h4-5,7-12,19-20H,1-3,6,13-18H2. The molecule has 38 heavy (non-hydrogen) atoms. The third kappa shape index (κ3) is 5.96. The maximum atomic E-state index is 13.0. The molecule has 1 fully saturated rings. The van der Waals surface area contributed by atoms with Crippen molar-refractivity contribution < 1.29 is 18.1 Å². The third-order valence-electron chi connectivity index (χ3n) is 6.86. The Hall–Kier alpha value is -3.12. The van der Waals surface area contributed by atoms with Crippen LogP contribution in [0.4, 0.5) is 11.4 Å². The zero-order chi connectivity index (χ0) is 26.5. The maximum Gasteiger partial charge on any atom is 0.270 e. The van der Waals surface area contributed by atoms with Crippen molar-refractivity contribution in [2.45, 2.75) is 43.5 Å². The van der Waals surface area contributed by atoms with Crippen molar-refractivity contribution in [1.29, 1.82) is 0 Å². The summed E-state index contributed by atoms with van der Waals surface area (Å²) in [5, 5.41) is 13.3. The molecular weight excluding hydrogens is 524 g/mol. The normalized spacial score (nSPS) is 17.4. The highest BCUT2D eigenvalue weighted by Crippen LogP contribution is 2.27. The Morgan fingerprint density at radius 2 is 1.87 bits per heavy atom. The first-order chi connectivity index (χ1) is 18.4. The van der Waals surface area contributed by atoms with Crippen LogP contribution < -0.4 is 4.80 Å². The van der Waals surface area contributed by atoms with Gasteiger partial charge in [-0.2, -0.15) is 4.31 Å². The molecule has 2 aliphatic rings. The van der Waals surface area contributed by atoms with Gasteiger partial charge in [-0.1, -0.05) is 23.8 Å².